The van der Waals surface area contributed by atoms with Crippen LogP contribution in [-0.2, 0) is 12.4 Å². The van der Waals surface area contributed by atoms with E-state index >= 15 is 0 Å². The van der Waals surface area contributed by atoms with Gasteiger partial charge in [0.2, 0.25) is 23.5 Å². The summed E-state index contributed by atoms with van der Waals surface area (Å²) in [5, 5.41) is 10.4. The lowest BCUT2D eigenvalue weighted by Gasteiger charge is -2.09. The second-order valence-corrected chi connectivity index (χ2v) is 20.7. The van der Waals surface area contributed by atoms with Gasteiger partial charge in [-0.2, -0.15) is 46.3 Å². The van der Waals surface area contributed by atoms with Crippen molar-refractivity contribution in [3.05, 3.63) is 276 Å². The highest BCUT2D eigenvalue weighted by Crippen LogP contribution is 2.31. The molecule has 2 aromatic carbocycles. The van der Waals surface area contributed by atoms with Crippen LogP contribution in [0.3, 0.4) is 0 Å². The molecule has 0 unspecified atom stereocenters. The van der Waals surface area contributed by atoms with Gasteiger partial charge in [0.25, 0.3) is 23.6 Å². The zero-order valence-corrected chi connectivity index (χ0v) is 53.6. The maximum atomic E-state index is 12.5. The fourth-order valence-corrected chi connectivity index (χ4v) is 8.06. The molecule has 10 aromatic heterocycles. The van der Waals surface area contributed by atoms with Crippen molar-refractivity contribution in [2.24, 2.45) is 0 Å². The SMILES string of the molecule is C#Cc1cccc(C(=O)Nc2cncc(Oc3ccc(C(F)(F)F)nc3)n2)c1.Cc1ccc(Oc2cncc(NC(=O)c3cccc(C)n3)n2)cn1.Cc1cccc(C(=O)Nc2cncc(Oc3ccc(C(F)(F)F)nc3)n2)c1.Cc1cccc(C(=O)Nc2cncc(Oc3cccnc3)n2)n1. The first kappa shape index (κ1) is 72.2. The van der Waals surface area contributed by atoms with Crippen LogP contribution in [0, 0.1) is 40.0 Å². The van der Waals surface area contributed by atoms with E-state index in [4.69, 9.17) is 25.4 Å². The number of hydrogen-bond donors (Lipinski definition) is 4. The van der Waals surface area contributed by atoms with Crippen LogP contribution >= 0.6 is 0 Å². The molecule has 0 aliphatic rings. The third-order valence-electron chi connectivity index (χ3n) is 12.7. The molecular formula is C70H52F6N18O8. The topological polar surface area (TPSA) is 334 Å². The quantitative estimate of drug-likeness (QED) is 0.0516. The summed E-state index contributed by atoms with van der Waals surface area (Å²) in [6.45, 7) is 7.39. The molecule has 0 radical (unpaired) electrons. The number of carbonyl (C=O) groups excluding carboxylic acids is 4. The Bertz CT molecular complexity index is 4930. The number of nitrogens with one attached hydrogen (secondary N) is 4. The summed E-state index contributed by atoms with van der Waals surface area (Å²) in [6, 6.07) is 34.8. The fourth-order valence-electron chi connectivity index (χ4n) is 8.06. The summed E-state index contributed by atoms with van der Waals surface area (Å²) >= 11 is 0. The van der Waals surface area contributed by atoms with E-state index in [-0.39, 0.29) is 76.0 Å². The van der Waals surface area contributed by atoms with Gasteiger partial charge >= 0.3 is 12.4 Å². The van der Waals surface area contributed by atoms with Crippen molar-refractivity contribution in [3.63, 3.8) is 0 Å². The van der Waals surface area contributed by atoms with E-state index in [9.17, 15) is 45.5 Å². The van der Waals surface area contributed by atoms with Crippen LogP contribution in [0.15, 0.2) is 214 Å². The highest BCUT2D eigenvalue weighted by atomic mass is 19.4. The summed E-state index contributed by atoms with van der Waals surface area (Å²) in [7, 11) is 0. The molecule has 12 rings (SSSR count). The number of carbonyl (C=O) groups is 4. The van der Waals surface area contributed by atoms with E-state index in [1.807, 2.05) is 52.0 Å². The number of benzene rings is 2. The number of aromatic nitrogens is 14. The van der Waals surface area contributed by atoms with Crippen LogP contribution in [0.25, 0.3) is 0 Å². The number of terminal acetylenes is 1. The summed E-state index contributed by atoms with van der Waals surface area (Å²) in [5.41, 5.74) is 3.23. The number of nitrogens with zero attached hydrogens (tertiary/aromatic N) is 14. The van der Waals surface area contributed by atoms with Gasteiger partial charge in [-0.15, -0.1) is 6.42 Å². The third-order valence-corrected chi connectivity index (χ3v) is 12.7. The molecule has 12 aromatic rings. The van der Waals surface area contributed by atoms with Crippen LogP contribution in [0.2, 0.25) is 0 Å². The standard InChI is InChI=1S/C19H11F3N4O2.C18H13F3N4O2.C17H15N5O2.C16H13N5O2/c1-2-12-4-3-5-13(8-12)18(27)26-16-10-23-11-17(25-16)28-14-6-7-15(24-9-14)19(20,21)22;1-11-3-2-4-12(7-11)17(26)25-15-9-22-10-16(24-15)27-13-5-6-14(23-8-13)18(19,20)21;1-11-6-7-13(8-19-11)24-16-10-18-9-15(21-16)22-17(23)14-5-3-4-12(2)20-14;1-11-4-2-6-13(19-11)16(22)21-14-9-18-10-15(20-14)23-12-5-3-7-17-8-12/h1,3-11H,(H,25,26,27);2-10H,1H3,(H,24,25,26);3-10H,1-2H3,(H,21,22,23);2-10H,1H3,(H,20,21,22). The molecule has 102 heavy (non-hydrogen) atoms. The van der Waals surface area contributed by atoms with Crippen LogP contribution in [0.5, 0.6) is 46.5 Å². The molecule has 0 atom stereocenters. The van der Waals surface area contributed by atoms with Crippen molar-refractivity contribution in [1.82, 2.24) is 69.8 Å². The third kappa shape index (κ3) is 22.5. The van der Waals surface area contributed by atoms with E-state index in [2.05, 4.69) is 97.0 Å². The zero-order chi connectivity index (χ0) is 72.6. The Morgan fingerprint density at radius 3 is 1.13 bits per heavy atom. The average molecular weight is 1390 g/mol. The first-order valence-electron chi connectivity index (χ1n) is 29.6. The Morgan fingerprint density at radius 2 is 0.765 bits per heavy atom. The molecule has 26 nitrogen and oxygen atoms in total. The van der Waals surface area contributed by atoms with Crippen LogP contribution < -0.4 is 40.2 Å². The number of rotatable bonds is 16. The predicted octanol–water partition coefficient (Wildman–Crippen LogP) is 13.7. The molecule has 512 valence electrons. The Morgan fingerprint density at radius 1 is 0.373 bits per heavy atom. The molecule has 0 saturated heterocycles. The maximum absolute atomic E-state index is 12.5. The lowest BCUT2D eigenvalue weighted by Crippen LogP contribution is -2.15. The highest BCUT2D eigenvalue weighted by molar-refractivity contribution is 6.05. The molecule has 10 heterocycles. The van der Waals surface area contributed by atoms with Gasteiger partial charge in [0, 0.05) is 40.0 Å². The monoisotopic (exact) mass is 1390 g/mol. The van der Waals surface area contributed by atoms with E-state index in [1.165, 1.54) is 55.6 Å². The zero-order valence-electron chi connectivity index (χ0n) is 53.6. The van der Waals surface area contributed by atoms with E-state index in [1.54, 1.807) is 97.5 Å². The maximum Gasteiger partial charge on any atom is 0.433 e. The molecule has 0 spiro atoms. The number of pyridine rings is 6. The smallest absolute Gasteiger partial charge is 0.433 e. The molecule has 4 amide bonds. The van der Waals surface area contributed by atoms with Crippen LogP contribution in [-0.4, -0.2) is 93.4 Å². The Hall–Kier alpha value is -14.1. The van der Waals surface area contributed by atoms with Crippen LogP contribution in [0.4, 0.5) is 49.6 Å². The number of alkyl halides is 6. The van der Waals surface area contributed by atoms with Crippen molar-refractivity contribution in [2.45, 2.75) is 40.0 Å². The summed E-state index contributed by atoms with van der Waals surface area (Å²) in [4.78, 5) is 104. The first-order valence-corrected chi connectivity index (χ1v) is 29.6. The average Bonchev–Trinajstić information content (AvgIpc) is 0.856. The molecule has 0 bridgehead atoms. The normalized spacial score (nSPS) is 10.6. The Balaban J connectivity index is 0.000000159. The van der Waals surface area contributed by atoms with Crippen molar-refractivity contribution in [3.8, 4) is 58.9 Å². The van der Waals surface area contributed by atoms with Crippen LogP contribution in [0.1, 0.15) is 81.3 Å². The summed E-state index contributed by atoms with van der Waals surface area (Å²) in [6.07, 6.45) is 13.8. The van der Waals surface area contributed by atoms with Gasteiger partial charge < -0.3 is 40.2 Å². The van der Waals surface area contributed by atoms with Crippen molar-refractivity contribution in [2.75, 3.05) is 21.3 Å². The van der Waals surface area contributed by atoms with Gasteiger partial charge in [0.1, 0.15) is 45.8 Å². The minimum Gasteiger partial charge on any atom is -0.436 e. The molecule has 0 saturated carbocycles. The number of ether oxygens (including phenoxy) is 4. The molecule has 0 aliphatic heterocycles. The fraction of sp³-hybridized carbons (Fsp3) is 0.0857. The number of aryl methyl sites for hydroxylation is 4. The predicted molar refractivity (Wildman–Crippen MR) is 355 cm³/mol. The van der Waals surface area contributed by atoms with Gasteiger partial charge in [-0.25, -0.2) is 19.9 Å². The molecule has 4 N–H and O–H groups in total. The molecule has 0 aliphatic carbocycles. The molecule has 32 heteroatoms. The number of halogens is 6. The van der Waals surface area contributed by atoms with E-state index < -0.39 is 29.6 Å². The van der Waals surface area contributed by atoms with Crippen molar-refractivity contribution >= 4 is 46.9 Å². The lowest BCUT2D eigenvalue weighted by atomic mass is 10.1. The van der Waals surface area contributed by atoms with Crippen molar-refractivity contribution < 1.29 is 64.5 Å². The van der Waals surface area contributed by atoms with E-state index in [0.29, 0.717) is 39.6 Å². The summed E-state index contributed by atoms with van der Waals surface area (Å²) < 4.78 is 96.9. The first-order chi connectivity index (χ1) is 49.0. The van der Waals surface area contributed by atoms with Gasteiger partial charge in [-0.3, -0.25) is 49.1 Å². The number of anilines is 4. The minimum atomic E-state index is -4.54. The highest BCUT2D eigenvalue weighted by Gasteiger charge is 2.33. The second-order valence-electron chi connectivity index (χ2n) is 20.7. The second kappa shape index (κ2) is 34.2. The molecule has 0 fully saturated rings. The van der Waals surface area contributed by atoms with E-state index in [0.717, 1.165) is 59.3 Å². The number of amides is 4. The largest absolute Gasteiger partial charge is 0.436 e. The van der Waals surface area contributed by atoms with Gasteiger partial charge in [0.05, 0.1) is 74.4 Å². The number of hydrogen-bond acceptors (Lipinski definition) is 22. The summed E-state index contributed by atoms with van der Waals surface area (Å²) in [5.74, 6) is 3.31. The Labute approximate surface area is 575 Å². The Kier molecular flexibility index (Phi) is 24.2. The van der Waals surface area contributed by atoms with Gasteiger partial charge in [0.15, 0.2) is 23.3 Å². The molecular weight excluding hydrogens is 1330 g/mol. The minimum absolute atomic E-state index is 0.00130. The lowest BCUT2D eigenvalue weighted by molar-refractivity contribution is -0.142. The van der Waals surface area contributed by atoms with Gasteiger partial charge in [-0.05, 0) is 131 Å². The van der Waals surface area contributed by atoms with Gasteiger partial charge in [-0.1, -0.05) is 41.8 Å². The van der Waals surface area contributed by atoms with Crippen molar-refractivity contribution in [1.29, 1.82) is 0 Å².